The van der Waals surface area contributed by atoms with Gasteiger partial charge in [0, 0.05) is 35.6 Å². The summed E-state index contributed by atoms with van der Waals surface area (Å²) in [6.07, 6.45) is 1.72. The molecule has 38 heavy (non-hydrogen) atoms. The number of carbonyl (C=O) groups is 1. The monoisotopic (exact) mass is 507 g/mol. The van der Waals surface area contributed by atoms with E-state index in [1.807, 2.05) is 54.6 Å². The maximum absolute atomic E-state index is 12.9. The lowest BCUT2D eigenvalue weighted by molar-refractivity contribution is 0.102. The lowest BCUT2D eigenvalue weighted by Crippen LogP contribution is -2.21. The second-order valence-corrected chi connectivity index (χ2v) is 10.4. The van der Waals surface area contributed by atoms with Crippen molar-refractivity contribution in [3.63, 3.8) is 0 Å². The first-order valence-electron chi connectivity index (χ1n) is 13.0. The van der Waals surface area contributed by atoms with Gasteiger partial charge < -0.3 is 14.6 Å². The van der Waals surface area contributed by atoms with Gasteiger partial charge in [-0.25, -0.2) is 4.98 Å². The number of nitrogens with one attached hydrogen (secondary N) is 2. The molecular formula is C31H33N5O2. The number of oxazole rings is 1. The zero-order chi connectivity index (χ0) is 26.9. The Kier molecular flexibility index (Phi) is 6.76. The van der Waals surface area contributed by atoms with E-state index < -0.39 is 0 Å². The van der Waals surface area contributed by atoms with E-state index in [0.717, 1.165) is 46.7 Å². The standard InChI is InChI=1S/C31H33N5O2/c1-6-36(7-2)24-14-11-20(12-15-24)29(37)33-23-10-8-9-21(17-23)28-25(19-32-35-28)30-34-26-18-22(31(3,4)5)13-16-27(26)38-30/h8-19H,6-7H2,1-5H3,(H,32,35)(H,33,37). The van der Waals surface area contributed by atoms with Crippen molar-refractivity contribution in [2.45, 2.75) is 40.0 Å². The molecule has 0 aliphatic carbocycles. The number of benzene rings is 3. The van der Waals surface area contributed by atoms with Crippen molar-refractivity contribution in [1.82, 2.24) is 15.2 Å². The van der Waals surface area contributed by atoms with Crippen molar-refractivity contribution in [2.24, 2.45) is 0 Å². The summed E-state index contributed by atoms with van der Waals surface area (Å²) >= 11 is 0. The SMILES string of the molecule is CCN(CC)c1ccc(C(=O)Nc2cccc(-c3[nH]ncc3-c3nc4cc(C(C)(C)C)ccc4o3)c2)cc1. The summed E-state index contributed by atoms with van der Waals surface area (Å²) in [7, 11) is 0. The summed E-state index contributed by atoms with van der Waals surface area (Å²) in [6.45, 7) is 12.6. The topological polar surface area (TPSA) is 87.0 Å². The third kappa shape index (κ3) is 5.05. The Morgan fingerprint density at radius 1 is 1.00 bits per heavy atom. The van der Waals surface area contributed by atoms with Gasteiger partial charge in [0.1, 0.15) is 5.52 Å². The number of hydrogen-bond acceptors (Lipinski definition) is 5. The van der Waals surface area contributed by atoms with Crippen LogP contribution in [-0.4, -0.2) is 34.2 Å². The molecule has 0 fully saturated rings. The fraction of sp³-hybridized carbons (Fsp3) is 0.258. The quantitative estimate of drug-likeness (QED) is 0.242. The number of anilines is 2. The molecule has 5 aromatic rings. The first-order chi connectivity index (χ1) is 18.3. The van der Waals surface area contributed by atoms with E-state index in [2.05, 4.69) is 67.2 Å². The molecule has 7 nitrogen and oxygen atoms in total. The summed E-state index contributed by atoms with van der Waals surface area (Å²) < 4.78 is 6.09. The number of H-pyrrole nitrogens is 1. The van der Waals surface area contributed by atoms with Crippen LogP contribution in [0.4, 0.5) is 11.4 Å². The van der Waals surface area contributed by atoms with Crippen LogP contribution in [-0.2, 0) is 5.41 Å². The minimum atomic E-state index is -0.160. The van der Waals surface area contributed by atoms with Gasteiger partial charge >= 0.3 is 0 Å². The largest absolute Gasteiger partial charge is 0.436 e. The van der Waals surface area contributed by atoms with Gasteiger partial charge in [-0.3, -0.25) is 9.89 Å². The maximum Gasteiger partial charge on any atom is 0.255 e. The van der Waals surface area contributed by atoms with Gasteiger partial charge in [0.25, 0.3) is 5.91 Å². The molecule has 0 unspecified atom stereocenters. The predicted octanol–water partition coefficient (Wildman–Crippen LogP) is 7.28. The van der Waals surface area contributed by atoms with Crippen molar-refractivity contribution < 1.29 is 9.21 Å². The highest BCUT2D eigenvalue weighted by Crippen LogP contribution is 2.34. The van der Waals surface area contributed by atoms with E-state index in [1.54, 1.807) is 6.20 Å². The zero-order valence-corrected chi connectivity index (χ0v) is 22.5. The van der Waals surface area contributed by atoms with Gasteiger partial charge in [-0.15, -0.1) is 0 Å². The van der Waals surface area contributed by atoms with Crippen molar-refractivity contribution in [3.05, 3.63) is 84.1 Å². The van der Waals surface area contributed by atoms with Crippen molar-refractivity contribution in [1.29, 1.82) is 0 Å². The lowest BCUT2D eigenvalue weighted by atomic mass is 9.87. The van der Waals surface area contributed by atoms with Crippen LogP contribution in [0.1, 0.15) is 50.5 Å². The first-order valence-corrected chi connectivity index (χ1v) is 13.0. The first kappa shape index (κ1) is 25.3. The zero-order valence-electron chi connectivity index (χ0n) is 22.5. The van der Waals surface area contributed by atoms with Gasteiger partial charge in [0.2, 0.25) is 5.89 Å². The molecule has 0 spiro atoms. The van der Waals surface area contributed by atoms with Crippen LogP contribution in [0, 0.1) is 0 Å². The van der Waals surface area contributed by atoms with E-state index in [4.69, 9.17) is 9.40 Å². The smallest absolute Gasteiger partial charge is 0.255 e. The van der Waals surface area contributed by atoms with Crippen LogP contribution in [0.25, 0.3) is 33.8 Å². The number of rotatable bonds is 7. The van der Waals surface area contributed by atoms with Crippen molar-refractivity contribution in [2.75, 3.05) is 23.3 Å². The fourth-order valence-electron chi connectivity index (χ4n) is 4.55. The lowest BCUT2D eigenvalue weighted by Gasteiger charge is -2.21. The molecule has 1 amide bonds. The third-order valence-corrected chi connectivity index (χ3v) is 6.79. The molecule has 5 rings (SSSR count). The molecule has 0 atom stereocenters. The van der Waals surface area contributed by atoms with E-state index in [0.29, 0.717) is 17.1 Å². The maximum atomic E-state index is 12.9. The number of carbonyl (C=O) groups excluding carboxylic acids is 1. The molecular weight excluding hydrogens is 474 g/mol. The average Bonchev–Trinajstić information content (AvgIpc) is 3.56. The average molecular weight is 508 g/mol. The fourth-order valence-corrected chi connectivity index (χ4v) is 4.55. The third-order valence-electron chi connectivity index (χ3n) is 6.79. The van der Waals surface area contributed by atoms with Gasteiger partial charge in [0.15, 0.2) is 5.58 Å². The normalized spacial score (nSPS) is 11.6. The highest BCUT2D eigenvalue weighted by atomic mass is 16.3. The minimum Gasteiger partial charge on any atom is -0.436 e. The Bertz CT molecular complexity index is 1570. The number of amides is 1. The molecule has 194 valence electrons. The molecule has 0 saturated heterocycles. The van der Waals surface area contributed by atoms with Crippen LogP contribution in [0.5, 0.6) is 0 Å². The van der Waals surface area contributed by atoms with Gasteiger partial charge in [-0.2, -0.15) is 5.10 Å². The summed E-state index contributed by atoms with van der Waals surface area (Å²) in [4.78, 5) is 19.9. The molecule has 0 aliphatic rings. The molecule has 2 aromatic heterocycles. The summed E-state index contributed by atoms with van der Waals surface area (Å²) in [5, 5.41) is 10.3. The Hall–Kier alpha value is -4.39. The van der Waals surface area contributed by atoms with E-state index >= 15 is 0 Å². The Morgan fingerprint density at radius 3 is 2.47 bits per heavy atom. The van der Waals surface area contributed by atoms with Crippen LogP contribution >= 0.6 is 0 Å². The van der Waals surface area contributed by atoms with Crippen LogP contribution in [0.3, 0.4) is 0 Å². The number of aromatic amines is 1. The Balaban J connectivity index is 1.39. The van der Waals surface area contributed by atoms with E-state index in [-0.39, 0.29) is 11.3 Å². The van der Waals surface area contributed by atoms with Crippen LogP contribution in [0.15, 0.2) is 77.3 Å². The predicted molar refractivity (Wildman–Crippen MR) is 154 cm³/mol. The number of aromatic nitrogens is 3. The second kappa shape index (κ2) is 10.2. The molecule has 0 radical (unpaired) electrons. The minimum absolute atomic E-state index is 0.0202. The Morgan fingerprint density at radius 2 is 1.76 bits per heavy atom. The van der Waals surface area contributed by atoms with E-state index in [1.165, 1.54) is 5.56 Å². The molecule has 3 aromatic carbocycles. The molecule has 2 heterocycles. The highest BCUT2D eigenvalue weighted by Gasteiger charge is 2.19. The van der Waals surface area contributed by atoms with Crippen molar-refractivity contribution >= 4 is 28.4 Å². The number of fused-ring (bicyclic) bond motifs is 1. The molecule has 7 heteroatoms. The van der Waals surface area contributed by atoms with Crippen molar-refractivity contribution in [3.8, 4) is 22.7 Å². The summed E-state index contributed by atoms with van der Waals surface area (Å²) in [5.74, 6) is 0.337. The van der Waals surface area contributed by atoms with Crippen LogP contribution < -0.4 is 10.2 Å². The van der Waals surface area contributed by atoms with Crippen LogP contribution in [0.2, 0.25) is 0 Å². The number of nitrogens with zero attached hydrogens (tertiary/aromatic N) is 3. The van der Waals surface area contributed by atoms with Gasteiger partial charge in [-0.05, 0) is 73.4 Å². The van der Waals surface area contributed by atoms with Gasteiger partial charge in [-0.1, -0.05) is 39.0 Å². The number of hydrogen-bond donors (Lipinski definition) is 2. The van der Waals surface area contributed by atoms with Gasteiger partial charge in [0.05, 0.1) is 17.5 Å². The molecule has 2 N–H and O–H groups in total. The molecule has 0 bridgehead atoms. The second-order valence-electron chi connectivity index (χ2n) is 10.4. The molecule has 0 saturated carbocycles. The highest BCUT2D eigenvalue weighted by molar-refractivity contribution is 6.04. The van der Waals surface area contributed by atoms with E-state index in [9.17, 15) is 4.79 Å². The molecule has 0 aliphatic heterocycles. The summed E-state index contributed by atoms with van der Waals surface area (Å²) in [6, 6.07) is 21.5. The summed E-state index contributed by atoms with van der Waals surface area (Å²) in [5.41, 5.74) is 7.55. The Labute approximate surface area is 222 Å².